The van der Waals surface area contributed by atoms with Crippen LogP contribution in [0.15, 0.2) is 42.5 Å². The molecule has 0 aliphatic carbocycles. The van der Waals surface area contributed by atoms with Crippen LogP contribution in [0.1, 0.15) is 12.0 Å². The first-order valence-electron chi connectivity index (χ1n) is 8.51. The molecule has 0 spiro atoms. The molecule has 0 radical (unpaired) electrons. The van der Waals surface area contributed by atoms with Gasteiger partial charge in [0.1, 0.15) is 5.75 Å². The Hall–Kier alpha value is -2.44. The molecule has 1 aliphatic rings. The number of halogens is 2. The van der Waals surface area contributed by atoms with E-state index >= 15 is 0 Å². The van der Waals surface area contributed by atoms with E-state index in [-0.39, 0.29) is 19.1 Å². The molecule has 0 aromatic heterocycles. The molecule has 142 valence electrons. The minimum atomic E-state index is -0.492. The fourth-order valence-electron chi connectivity index (χ4n) is 2.90. The van der Waals surface area contributed by atoms with Gasteiger partial charge >= 0.3 is 0 Å². The second-order valence-electron chi connectivity index (χ2n) is 6.11. The lowest BCUT2D eigenvalue weighted by Crippen LogP contribution is -2.48. The van der Waals surface area contributed by atoms with Gasteiger partial charge in [0.15, 0.2) is 6.61 Å². The zero-order valence-corrected chi connectivity index (χ0v) is 16.0. The Kier molecular flexibility index (Phi) is 6.42. The number of hydrogen-bond acceptors (Lipinski definition) is 4. The summed E-state index contributed by atoms with van der Waals surface area (Å²) in [5.74, 6) is -0.453. The van der Waals surface area contributed by atoms with Crippen LogP contribution in [0.4, 0.5) is 5.69 Å². The summed E-state index contributed by atoms with van der Waals surface area (Å²) in [5, 5.41) is 0.784. The molecule has 8 heteroatoms. The zero-order valence-electron chi connectivity index (χ0n) is 14.5. The molecule has 3 rings (SSSR count). The Bertz CT molecular complexity index is 845. The lowest BCUT2D eigenvalue weighted by atomic mass is 10.0. The number of nitrogens with zero attached hydrogens (tertiary/aromatic N) is 1. The number of aryl methyl sites for hydroxylation is 1. The third-order valence-corrected chi connectivity index (χ3v) is 4.67. The van der Waals surface area contributed by atoms with Gasteiger partial charge in [0.25, 0.3) is 11.8 Å². The lowest BCUT2D eigenvalue weighted by Gasteiger charge is -2.30. The van der Waals surface area contributed by atoms with E-state index in [1.165, 1.54) is 11.6 Å². The van der Waals surface area contributed by atoms with E-state index in [1.54, 1.807) is 12.1 Å². The normalized spacial score (nSPS) is 12.9. The minimum absolute atomic E-state index is 0.168. The van der Waals surface area contributed by atoms with E-state index in [4.69, 9.17) is 27.9 Å². The maximum absolute atomic E-state index is 12.1. The first kappa shape index (κ1) is 19.3. The monoisotopic (exact) mass is 407 g/mol. The number of rotatable bonds is 5. The third kappa shape index (κ3) is 5.28. The van der Waals surface area contributed by atoms with Gasteiger partial charge in [-0.25, -0.2) is 0 Å². The highest BCUT2D eigenvalue weighted by Gasteiger charge is 2.18. The molecule has 1 aliphatic heterocycles. The van der Waals surface area contributed by atoms with Gasteiger partial charge in [0, 0.05) is 17.3 Å². The van der Waals surface area contributed by atoms with Crippen molar-refractivity contribution >= 4 is 40.7 Å². The number of hydrogen-bond donors (Lipinski definition) is 2. The van der Waals surface area contributed by atoms with Crippen molar-refractivity contribution in [2.24, 2.45) is 0 Å². The van der Waals surface area contributed by atoms with Crippen molar-refractivity contribution in [3.63, 3.8) is 0 Å². The molecule has 2 amide bonds. The van der Waals surface area contributed by atoms with E-state index in [9.17, 15) is 9.59 Å². The van der Waals surface area contributed by atoms with Crippen LogP contribution in [0.3, 0.4) is 0 Å². The smallest absolute Gasteiger partial charge is 0.276 e. The molecular weight excluding hydrogens is 389 g/mol. The van der Waals surface area contributed by atoms with Gasteiger partial charge in [-0.1, -0.05) is 41.4 Å². The summed E-state index contributed by atoms with van der Waals surface area (Å²) >= 11 is 11.8. The van der Waals surface area contributed by atoms with Gasteiger partial charge in [-0.2, -0.15) is 0 Å². The molecule has 0 atom stereocenters. The number of fused-ring (bicyclic) bond motifs is 1. The van der Waals surface area contributed by atoms with Crippen LogP contribution in [0, 0.1) is 0 Å². The van der Waals surface area contributed by atoms with E-state index in [0.717, 1.165) is 25.1 Å². The van der Waals surface area contributed by atoms with Crippen molar-refractivity contribution in [2.45, 2.75) is 12.8 Å². The number of hydrazine groups is 1. The van der Waals surface area contributed by atoms with Crippen molar-refractivity contribution in [3.05, 3.63) is 58.1 Å². The first-order chi connectivity index (χ1) is 13.0. The number of ether oxygens (including phenoxy) is 1. The Balaban J connectivity index is 1.45. The predicted molar refractivity (Wildman–Crippen MR) is 105 cm³/mol. The summed E-state index contributed by atoms with van der Waals surface area (Å²) in [6.45, 7) is 0.686. The Labute approximate surface area is 167 Å². The second kappa shape index (κ2) is 8.97. The maximum atomic E-state index is 12.1. The van der Waals surface area contributed by atoms with Crippen LogP contribution >= 0.6 is 23.2 Å². The molecule has 0 bridgehead atoms. The Morgan fingerprint density at radius 1 is 1.07 bits per heavy atom. The van der Waals surface area contributed by atoms with Crippen molar-refractivity contribution in [1.29, 1.82) is 0 Å². The van der Waals surface area contributed by atoms with Gasteiger partial charge in [-0.15, -0.1) is 0 Å². The summed E-state index contributed by atoms with van der Waals surface area (Å²) in [5.41, 5.74) is 7.04. The van der Waals surface area contributed by atoms with E-state index < -0.39 is 5.91 Å². The number of amides is 2. The van der Waals surface area contributed by atoms with Crippen LogP contribution in [-0.2, 0) is 16.0 Å². The number of para-hydroxylation sites is 1. The highest BCUT2D eigenvalue weighted by molar-refractivity contribution is 6.35. The van der Waals surface area contributed by atoms with Crippen molar-refractivity contribution < 1.29 is 14.3 Å². The Morgan fingerprint density at radius 3 is 2.67 bits per heavy atom. The SMILES string of the molecule is O=C(COc1ccc(Cl)cc1Cl)NNC(=O)CN1CCCc2ccccc21. The number of nitrogens with one attached hydrogen (secondary N) is 2. The summed E-state index contributed by atoms with van der Waals surface area (Å²) in [6, 6.07) is 12.7. The van der Waals surface area contributed by atoms with Gasteiger partial charge < -0.3 is 9.64 Å². The van der Waals surface area contributed by atoms with Crippen molar-refractivity contribution in [3.8, 4) is 5.75 Å². The van der Waals surface area contributed by atoms with Gasteiger partial charge in [-0.3, -0.25) is 20.4 Å². The van der Waals surface area contributed by atoms with E-state index in [1.807, 2.05) is 23.1 Å². The number of carbonyl (C=O) groups is 2. The zero-order chi connectivity index (χ0) is 19.2. The van der Waals surface area contributed by atoms with Gasteiger partial charge in [-0.05, 0) is 42.7 Å². The number of benzene rings is 2. The van der Waals surface area contributed by atoms with Crippen LogP contribution < -0.4 is 20.5 Å². The molecule has 2 N–H and O–H groups in total. The summed E-state index contributed by atoms with van der Waals surface area (Å²) in [4.78, 5) is 26.0. The minimum Gasteiger partial charge on any atom is -0.482 e. The fourth-order valence-corrected chi connectivity index (χ4v) is 3.36. The average Bonchev–Trinajstić information content (AvgIpc) is 2.66. The molecule has 0 fully saturated rings. The molecule has 6 nitrogen and oxygen atoms in total. The molecule has 2 aromatic rings. The molecule has 27 heavy (non-hydrogen) atoms. The average molecular weight is 408 g/mol. The lowest BCUT2D eigenvalue weighted by molar-refractivity contribution is -0.129. The van der Waals surface area contributed by atoms with Crippen LogP contribution in [0.5, 0.6) is 5.75 Å². The van der Waals surface area contributed by atoms with Crippen molar-refractivity contribution in [2.75, 3.05) is 24.6 Å². The fraction of sp³-hybridized carbons (Fsp3) is 0.263. The molecule has 0 unspecified atom stereocenters. The predicted octanol–water partition coefficient (Wildman–Crippen LogP) is 2.97. The summed E-state index contributed by atoms with van der Waals surface area (Å²) in [7, 11) is 0. The van der Waals surface area contributed by atoms with Gasteiger partial charge in [0.05, 0.1) is 11.6 Å². The second-order valence-corrected chi connectivity index (χ2v) is 6.96. The molecular formula is C19H19Cl2N3O3. The maximum Gasteiger partial charge on any atom is 0.276 e. The third-order valence-electron chi connectivity index (χ3n) is 4.13. The van der Waals surface area contributed by atoms with E-state index in [0.29, 0.717) is 15.8 Å². The van der Waals surface area contributed by atoms with E-state index in [2.05, 4.69) is 16.9 Å². The van der Waals surface area contributed by atoms with Crippen LogP contribution in [0.25, 0.3) is 0 Å². The number of anilines is 1. The summed E-state index contributed by atoms with van der Waals surface area (Å²) in [6.07, 6.45) is 2.00. The number of carbonyl (C=O) groups excluding carboxylic acids is 2. The topological polar surface area (TPSA) is 70.7 Å². The molecule has 0 saturated heterocycles. The van der Waals surface area contributed by atoms with Gasteiger partial charge in [0.2, 0.25) is 0 Å². The molecule has 0 saturated carbocycles. The Morgan fingerprint density at radius 2 is 1.85 bits per heavy atom. The first-order valence-corrected chi connectivity index (χ1v) is 9.27. The van der Waals surface area contributed by atoms with Crippen LogP contribution in [0.2, 0.25) is 10.0 Å². The highest BCUT2D eigenvalue weighted by Crippen LogP contribution is 2.27. The quantitative estimate of drug-likeness (QED) is 0.747. The van der Waals surface area contributed by atoms with Crippen LogP contribution in [-0.4, -0.2) is 31.5 Å². The highest BCUT2D eigenvalue weighted by atomic mass is 35.5. The molecule has 2 aromatic carbocycles. The standard InChI is InChI=1S/C19H19Cl2N3O3/c20-14-7-8-17(15(21)10-14)27-12-19(26)23-22-18(25)11-24-9-3-5-13-4-1-2-6-16(13)24/h1-2,4,6-8,10H,3,5,9,11-12H2,(H,22,25)(H,23,26). The largest absolute Gasteiger partial charge is 0.482 e. The van der Waals surface area contributed by atoms with Crippen molar-refractivity contribution in [1.82, 2.24) is 10.9 Å². The summed E-state index contributed by atoms with van der Waals surface area (Å²) < 4.78 is 5.32. The molecule has 1 heterocycles.